The smallest absolute Gasteiger partial charge is 0.328 e. The van der Waals surface area contributed by atoms with Crippen molar-refractivity contribution in [1.29, 1.82) is 0 Å². The molecular formula is C16H22N2O5S. The summed E-state index contributed by atoms with van der Waals surface area (Å²) >= 11 is 0. The molecule has 1 aliphatic heterocycles. The Balaban J connectivity index is 1.91. The second kappa shape index (κ2) is 7.31. The van der Waals surface area contributed by atoms with E-state index in [1.54, 1.807) is 31.2 Å². The summed E-state index contributed by atoms with van der Waals surface area (Å²) in [5.74, 6) is -1.30. The number of nitrogens with zero attached hydrogens (tertiary/aromatic N) is 1. The van der Waals surface area contributed by atoms with Crippen LogP contribution in [-0.4, -0.2) is 50.3 Å². The van der Waals surface area contributed by atoms with E-state index in [0.29, 0.717) is 0 Å². The molecule has 0 saturated carbocycles. The van der Waals surface area contributed by atoms with Gasteiger partial charge in [-0.25, -0.2) is 13.2 Å². The molecule has 0 bridgehead atoms. The average Bonchev–Trinajstić information content (AvgIpc) is 2.45. The second-order valence-corrected chi connectivity index (χ2v) is 7.75. The minimum Gasteiger partial charge on any atom is -0.464 e. The maximum absolute atomic E-state index is 12.4. The van der Waals surface area contributed by atoms with Crippen molar-refractivity contribution in [3.63, 3.8) is 0 Å². The maximum Gasteiger partial charge on any atom is 0.328 e. The third-order valence-corrected chi connectivity index (χ3v) is 5.72. The maximum atomic E-state index is 12.4. The van der Waals surface area contributed by atoms with Crippen LogP contribution in [-0.2, 0) is 24.3 Å². The van der Waals surface area contributed by atoms with Gasteiger partial charge in [-0.3, -0.25) is 4.79 Å². The van der Waals surface area contributed by atoms with Crippen molar-refractivity contribution in [2.45, 2.75) is 31.7 Å². The van der Waals surface area contributed by atoms with Crippen molar-refractivity contribution in [1.82, 2.24) is 9.62 Å². The standard InChI is InChI=1S/C16H22N2O5S/c1-4-23-16(20)12(3)17-15(19)13-9-18(10-13)24(21,22)14-7-5-11(2)6-8-14/h5-8,12-13H,4,9-10H2,1-3H3,(H,17,19). The molecule has 24 heavy (non-hydrogen) atoms. The van der Waals surface area contributed by atoms with Crippen LogP contribution >= 0.6 is 0 Å². The Kier molecular flexibility index (Phi) is 5.61. The number of rotatable bonds is 6. The number of carbonyl (C=O) groups excluding carboxylic acids is 2. The van der Waals surface area contributed by atoms with Gasteiger partial charge in [0.15, 0.2) is 0 Å². The van der Waals surface area contributed by atoms with Gasteiger partial charge in [0.25, 0.3) is 0 Å². The van der Waals surface area contributed by atoms with Crippen LogP contribution in [0.5, 0.6) is 0 Å². The minimum absolute atomic E-state index is 0.109. The quantitative estimate of drug-likeness (QED) is 0.759. The van der Waals surface area contributed by atoms with Gasteiger partial charge in [-0.05, 0) is 32.9 Å². The number of esters is 1. The Morgan fingerprint density at radius 1 is 1.29 bits per heavy atom. The monoisotopic (exact) mass is 354 g/mol. The van der Waals surface area contributed by atoms with Crippen LogP contribution < -0.4 is 5.32 Å². The van der Waals surface area contributed by atoms with Crippen LogP contribution in [0.4, 0.5) is 0 Å². The van der Waals surface area contributed by atoms with Crippen molar-refractivity contribution < 1.29 is 22.7 Å². The van der Waals surface area contributed by atoms with Gasteiger partial charge in [-0.2, -0.15) is 4.31 Å². The van der Waals surface area contributed by atoms with E-state index in [1.165, 1.54) is 11.2 Å². The number of hydrogen-bond acceptors (Lipinski definition) is 5. The Morgan fingerprint density at radius 2 is 1.88 bits per heavy atom. The highest BCUT2D eigenvalue weighted by Gasteiger charge is 2.41. The van der Waals surface area contributed by atoms with E-state index in [0.717, 1.165) is 5.56 Å². The molecule has 2 rings (SSSR count). The fraction of sp³-hybridized carbons (Fsp3) is 0.500. The van der Waals surface area contributed by atoms with Crippen LogP contribution in [0.25, 0.3) is 0 Å². The zero-order chi connectivity index (χ0) is 17.9. The summed E-state index contributed by atoms with van der Waals surface area (Å²) in [5, 5.41) is 2.55. The van der Waals surface area contributed by atoms with Gasteiger partial charge in [0, 0.05) is 13.1 Å². The molecule has 8 heteroatoms. The van der Waals surface area contributed by atoms with E-state index in [1.807, 2.05) is 6.92 Å². The second-order valence-electron chi connectivity index (χ2n) is 5.81. The number of aryl methyl sites for hydroxylation is 1. The fourth-order valence-corrected chi connectivity index (χ4v) is 3.85. The molecule has 1 aliphatic rings. The van der Waals surface area contributed by atoms with Crippen LogP contribution in [0.2, 0.25) is 0 Å². The molecular weight excluding hydrogens is 332 g/mol. The lowest BCUT2D eigenvalue weighted by molar-refractivity contribution is -0.147. The van der Waals surface area contributed by atoms with E-state index in [2.05, 4.69) is 5.32 Å². The highest BCUT2D eigenvalue weighted by Crippen LogP contribution is 2.25. The largest absolute Gasteiger partial charge is 0.464 e. The number of benzene rings is 1. The molecule has 1 fully saturated rings. The summed E-state index contributed by atoms with van der Waals surface area (Å²) in [7, 11) is -3.58. The molecule has 1 atom stereocenters. The Labute approximate surface area is 142 Å². The average molecular weight is 354 g/mol. The summed E-state index contributed by atoms with van der Waals surface area (Å²) in [6.07, 6.45) is 0. The fourth-order valence-electron chi connectivity index (χ4n) is 2.32. The first-order chi connectivity index (χ1) is 11.3. The molecule has 1 amide bonds. The molecule has 1 N–H and O–H groups in total. The van der Waals surface area contributed by atoms with Gasteiger partial charge in [-0.1, -0.05) is 17.7 Å². The predicted octanol–water partition coefficient (Wildman–Crippen LogP) is 0.683. The Bertz CT molecular complexity index is 708. The molecule has 1 aromatic rings. The topological polar surface area (TPSA) is 92.8 Å². The molecule has 7 nitrogen and oxygen atoms in total. The molecule has 0 radical (unpaired) electrons. The SMILES string of the molecule is CCOC(=O)C(C)NC(=O)C1CN(S(=O)(=O)c2ccc(C)cc2)C1. The zero-order valence-corrected chi connectivity index (χ0v) is 14.8. The number of hydrogen-bond donors (Lipinski definition) is 1. The Morgan fingerprint density at radius 3 is 2.42 bits per heavy atom. The summed E-state index contributed by atoms with van der Waals surface area (Å²) in [5.41, 5.74) is 0.975. The summed E-state index contributed by atoms with van der Waals surface area (Å²) in [6.45, 7) is 5.56. The van der Waals surface area contributed by atoms with Crippen molar-refractivity contribution in [2.24, 2.45) is 5.92 Å². The van der Waals surface area contributed by atoms with E-state index >= 15 is 0 Å². The summed E-state index contributed by atoms with van der Waals surface area (Å²) in [6, 6.07) is 5.83. The van der Waals surface area contributed by atoms with Gasteiger partial charge in [0.05, 0.1) is 17.4 Å². The highest BCUT2D eigenvalue weighted by atomic mass is 32.2. The van der Waals surface area contributed by atoms with Crippen LogP contribution in [0.15, 0.2) is 29.2 Å². The third-order valence-electron chi connectivity index (χ3n) is 3.88. The molecule has 132 valence electrons. The van der Waals surface area contributed by atoms with Gasteiger partial charge in [0.1, 0.15) is 6.04 Å². The van der Waals surface area contributed by atoms with Gasteiger partial charge >= 0.3 is 5.97 Å². The zero-order valence-electron chi connectivity index (χ0n) is 14.0. The first-order valence-electron chi connectivity index (χ1n) is 7.79. The molecule has 1 unspecified atom stereocenters. The number of sulfonamides is 1. The molecule has 1 heterocycles. The highest BCUT2D eigenvalue weighted by molar-refractivity contribution is 7.89. The van der Waals surface area contributed by atoms with Crippen molar-refractivity contribution in [3.8, 4) is 0 Å². The first kappa shape index (κ1) is 18.4. The van der Waals surface area contributed by atoms with Gasteiger partial charge in [-0.15, -0.1) is 0 Å². The van der Waals surface area contributed by atoms with Crippen LogP contribution in [0, 0.1) is 12.8 Å². The van der Waals surface area contributed by atoms with E-state index < -0.39 is 28.0 Å². The lowest BCUT2D eigenvalue weighted by atomic mass is 10.0. The summed E-state index contributed by atoms with van der Waals surface area (Å²) < 4.78 is 30.9. The number of nitrogens with one attached hydrogen (secondary N) is 1. The van der Waals surface area contributed by atoms with E-state index in [-0.39, 0.29) is 30.5 Å². The normalized spacial score (nSPS) is 17.0. The number of ether oxygens (including phenoxy) is 1. The first-order valence-corrected chi connectivity index (χ1v) is 9.23. The number of carbonyl (C=O) groups is 2. The van der Waals surface area contributed by atoms with Crippen molar-refractivity contribution in [3.05, 3.63) is 29.8 Å². The van der Waals surface area contributed by atoms with Crippen molar-refractivity contribution >= 4 is 21.9 Å². The third kappa shape index (κ3) is 3.93. The van der Waals surface area contributed by atoms with Gasteiger partial charge < -0.3 is 10.1 Å². The van der Waals surface area contributed by atoms with E-state index in [4.69, 9.17) is 4.74 Å². The molecule has 0 aromatic heterocycles. The van der Waals surface area contributed by atoms with Crippen LogP contribution in [0.3, 0.4) is 0 Å². The minimum atomic E-state index is -3.58. The van der Waals surface area contributed by atoms with Gasteiger partial charge in [0.2, 0.25) is 15.9 Å². The number of amides is 1. The van der Waals surface area contributed by atoms with Crippen LogP contribution in [0.1, 0.15) is 19.4 Å². The molecule has 0 spiro atoms. The lowest BCUT2D eigenvalue weighted by Gasteiger charge is -2.37. The predicted molar refractivity (Wildman–Crippen MR) is 87.7 cm³/mol. The molecule has 1 saturated heterocycles. The molecule has 0 aliphatic carbocycles. The summed E-state index contributed by atoms with van der Waals surface area (Å²) in [4.78, 5) is 23.8. The van der Waals surface area contributed by atoms with Crippen molar-refractivity contribution in [2.75, 3.05) is 19.7 Å². The molecule has 1 aromatic carbocycles. The lowest BCUT2D eigenvalue weighted by Crippen LogP contribution is -2.57. The Hall–Kier alpha value is -1.93. The van der Waals surface area contributed by atoms with E-state index in [9.17, 15) is 18.0 Å².